The standard InChI is InChI=1S/C21H25N9O3/c1-11(2)5-15(18(23)31)28-16-8-26-17(19(24)32)20(29-16)27-13-3-4-14(25-7-13)21(33)30-9-12(6-22)10-30/h3-4,7-8,11-12,15H,5,9-10H2,1-2H3,(H2,23,31)(H2,24,32)(H2,27,28,29)/t15-/m1/s1. The molecule has 0 aliphatic carbocycles. The van der Waals surface area contributed by atoms with Gasteiger partial charge in [0.2, 0.25) is 5.91 Å². The van der Waals surface area contributed by atoms with Gasteiger partial charge in [0, 0.05) is 13.1 Å². The van der Waals surface area contributed by atoms with Crippen molar-refractivity contribution in [1.82, 2.24) is 19.9 Å². The second-order valence-corrected chi connectivity index (χ2v) is 8.14. The zero-order chi connectivity index (χ0) is 24.1. The van der Waals surface area contributed by atoms with E-state index in [0.29, 0.717) is 25.2 Å². The van der Waals surface area contributed by atoms with E-state index in [1.807, 2.05) is 13.8 Å². The number of rotatable bonds is 9. The Morgan fingerprint density at radius 3 is 2.48 bits per heavy atom. The number of aromatic nitrogens is 3. The van der Waals surface area contributed by atoms with Gasteiger partial charge in [0.15, 0.2) is 11.5 Å². The van der Waals surface area contributed by atoms with Crippen molar-refractivity contribution in [3.05, 3.63) is 35.9 Å². The average Bonchev–Trinajstić information content (AvgIpc) is 2.72. The van der Waals surface area contributed by atoms with Crippen LogP contribution in [-0.4, -0.2) is 56.7 Å². The van der Waals surface area contributed by atoms with Crippen LogP contribution in [0.3, 0.4) is 0 Å². The van der Waals surface area contributed by atoms with Crippen LogP contribution < -0.4 is 22.1 Å². The number of anilines is 3. The fourth-order valence-electron chi connectivity index (χ4n) is 3.24. The van der Waals surface area contributed by atoms with Crippen LogP contribution in [0.5, 0.6) is 0 Å². The highest BCUT2D eigenvalue weighted by atomic mass is 16.2. The molecule has 0 radical (unpaired) electrons. The van der Waals surface area contributed by atoms with E-state index in [2.05, 4.69) is 31.7 Å². The van der Waals surface area contributed by atoms with Gasteiger partial charge in [0.25, 0.3) is 11.8 Å². The van der Waals surface area contributed by atoms with Gasteiger partial charge >= 0.3 is 0 Å². The molecule has 3 rings (SSSR count). The first-order valence-corrected chi connectivity index (χ1v) is 10.3. The Kier molecular flexibility index (Phi) is 7.02. The Morgan fingerprint density at radius 1 is 1.21 bits per heavy atom. The number of primary amides is 2. The highest BCUT2D eigenvalue weighted by Gasteiger charge is 2.31. The number of nitrogens with one attached hydrogen (secondary N) is 2. The van der Waals surface area contributed by atoms with Gasteiger partial charge in [0.1, 0.15) is 17.6 Å². The molecule has 1 fully saturated rings. The second-order valence-electron chi connectivity index (χ2n) is 8.14. The van der Waals surface area contributed by atoms with Crippen molar-refractivity contribution in [2.75, 3.05) is 23.7 Å². The van der Waals surface area contributed by atoms with Crippen LogP contribution in [0, 0.1) is 23.2 Å². The van der Waals surface area contributed by atoms with Crippen LogP contribution in [0.2, 0.25) is 0 Å². The number of likely N-dealkylation sites (tertiary alicyclic amines) is 1. The lowest BCUT2D eigenvalue weighted by Crippen LogP contribution is -2.49. The fourth-order valence-corrected chi connectivity index (χ4v) is 3.24. The topological polar surface area (TPSA) is 193 Å². The zero-order valence-electron chi connectivity index (χ0n) is 18.3. The average molecular weight is 451 g/mol. The minimum absolute atomic E-state index is 0.0562. The van der Waals surface area contributed by atoms with E-state index in [0.717, 1.165) is 0 Å². The lowest BCUT2D eigenvalue weighted by Gasteiger charge is -2.34. The van der Waals surface area contributed by atoms with Crippen LogP contribution >= 0.6 is 0 Å². The van der Waals surface area contributed by atoms with Crippen LogP contribution in [0.4, 0.5) is 17.3 Å². The first-order chi connectivity index (χ1) is 15.7. The molecule has 0 unspecified atom stereocenters. The zero-order valence-corrected chi connectivity index (χ0v) is 18.3. The number of nitriles is 1. The van der Waals surface area contributed by atoms with E-state index in [9.17, 15) is 14.4 Å². The molecule has 0 spiro atoms. The Morgan fingerprint density at radius 2 is 1.94 bits per heavy atom. The summed E-state index contributed by atoms with van der Waals surface area (Å²) in [6.07, 6.45) is 3.19. The summed E-state index contributed by atoms with van der Waals surface area (Å²) in [5.41, 5.74) is 11.4. The maximum Gasteiger partial charge on any atom is 0.272 e. The van der Waals surface area contributed by atoms with E-state index < -0.39 is 17.9 Å². The molecule has 1 saturated heterocycles. The largest absolute Gasteiger partial charge is 0.368 e. The van der Waals surface area contributed by atoms with E-state index in [1.165, 1.54) is 18.5 Å². The highest BCUT2D eigenvalue weighted by molar-refractivity contribution is 5.96. The summed E-state index contributed by atoms with van der Waals surface area (Å²) in [5, 5.41) is 14.7. The summed E-state index contributed by atoms with van der Waals surface area (Å²) in [6, 6.07) is 4.57. The number of nitrogens with zero attached hydrogens (tertiary/aromatic N) is 5. The lowest BCUT2D eigenvalue weighted by atomic mass is 10.0. The Balaban J connectivity index is 1.77. The molecule has 12 nitrogen and oxygen atoms in total. The molecule has 1 aliphatic rings. The van der Waals surface area contributed by atoms with Gasteiger partial charge in [-0.05, 0) is 24.5 Å². The third-order valence-electron chi connectivity index (χ3n) is 4.98. The van der Waals surface area contributed by atoms with Gasteiger partial charge < -0.3 is 27.0 Å². The van der Waals surface area contributed by atoms with E-state index in [1.54, 1.807) is 11.0 Å². The van der Waals surface area contributed by atoms with Gasteiger partial charge in [-0.3, -0.25) is 14.4 Å². The van der Waals surface area contributed by atoms with Crippen molar-refractivity contribution < 1.29 is 14.4 Å². The van der Waals surface area contributed by atoms with Crippen LogP contribution in [0.25, 0.3) is 0 Å². The third kappa shape index (κ3) is 5.70. The molecule has 1 atom stereocenters. The molecular weight excluding hydrogens is 426 g/mol. The predicted octanol–water partition coefficient (Wildman–Crippen LogP) is 0.622. The number of carbonyl (C=O) groups is 3. The quantitative estimate of drug-likeness (QED) is 0.423. The first kappa shape index (κ1) is 23.4. The van der Waals surface area contributed by atoms with E-state index in [-0.39, 0.29) is 40.8 Å². The molecule has 2 aromatic rings. The van der Waals surface area contributed by atoms with Gasteiger partial charge in [-0.15, -0.1) is 0 Å². The van der Waals surface area contributed by atoms with Crippen molar-refractivity contribution in [3.63, 3.8) is 0 Å². The summed E-state index contributed by atoms with van der Waals surface area (Å²) in [6.45, 7) is 4.68. The molecule has 0 bridgehead atoms. The first-order valence-electron chi connectivity index (χ1n) is 10.3. The fraction of sp³-hybridized carbons (Fsp3) is 0.381. The van der Waals surface area contributed by atoms with Gasteiger partial charge in [0.05, 0.1) is 30.1 Å². The highest BCUT2D eigenvalue weighted by Crippen LogP contribution is 2.21. The maximum atomic E-state index is 12.4. The van der Waals surface area contributed by atoms with Gasteiger partial charge in [-0.1, -0.05) is 13.8 Å². The Hall–Kier alpha value is -4.27. The molecule has 1 aliphatic heterocycles. The predicted molar refractivity (Wildman–Crippen MR) is 119 cm³/mol. The van der Waals surface area contributed by atoms with Crippen molar-refractivity contribution >= 4 is 35.0 Å². The monoisotopic (exact) mass is 451 g/mol. The number of amides is 3. The van der Waals surface area contributed by atoms with Crippen LogP contribution in [0.1, 0.15) is 41.2 Å². The second kappa shape index (κ2) is 9.90. The Labute approximate surface area is 190 Å². The summed E-state index contributed by atoms with van der Waals surface area (Å²) in [7, 11) is 0. The molecule has 0 saturated carbocycles. The van der Waals surface area contributed by atoms with Gasteiger partial charge in [-0.25, -0.2) is 15.0 Å². The van der Waals surface area contributed by atoms with E-state index in [4.69, 9.17) is 16.7 Å². The normalized spacial score (nSPS) is 14.2. The Bertz CT molecular complexity index is 1090. The number of pyridine rings is 1. The number of hydrogen-bond acceptors (Lipinski definition) is 9. The molecule has 2 aromatic heterocycles. The molecule has 6 N–H and O–H groups in total. The number of carbonyl (C=O) groups excluding carboxylic acids is 3. The number of hydrogen-bond donors (Lipinski definition) is 4. The third-order valence-corrected chi connectivity index (χ3v) is 4.98. The molecule has 172 valence electrons. The van der Waals surface area contributed by atoms with Crippen molar-refractivity contribution in [3.8, 4) is 6.07 Å². The number of nitrogens with two attached hydrogens (primary N) is 2. The smallest absolute Gasteiger partial charge is 0.272 e. The molecule has 12 heteroatoms. The van der Waals surface area contributed by atoms with Crippen molar-refractivity contribution in [2.24, 2.45) is 23.3 Å². The molecule has 33 heavy (non-hydrogen) atoms. The molecule has 3 heterocycles. The van der Waals surface area contributed by atoms with Gasteiger partial charge in [-0.2, -0.15) is 5.26 Å². The van der Waals surface area contributed by atoms with Crippen molar-refractivity contribution in [1.29, 1.82) is 5.26 Å². The minimum Gasteiger partial charge on any atom is -0.368 e. The summed E-state index contributed by atoms with van der Waals surface area (Å²) >= 11 is 0. The maximum absolute atomic E-state index is 12.4. The van der Waals surface area contributed by atoms with Crippen LogP contribution in [0.15, 0.2) is 24.5 Å². The van der Waals surface area contributed by atoms with Crippen molar-refractivity contribution in [2.45, 2.75) is 26.3 Å². The van der Waals surface area contributed by atoms with E-state index >= 15 is 0 Å². The molecule has 3 amide bonds. The summed E-state index contributed by atoms with van der Waals surface area (Å²) in [4.78, 5) is 50.0. The summed E-state index contributed by atoms with van der Waals surface area (Å²) < 4.78 is 0. The SMILES string of the molecule is CC(C)C[C@@H](Nc1cnc(C(N)=O)c(Nc2ccc(C(=O)N3CC(C#N)C3)nc2)n1)C(N)=O. The molecule has 0 aromatic carbocycles. The van der Waals surface area contributed by atoms with Crippen LogP contribution in [-0.2, 0) is 4.79 Å². The minimum atomic E-state index is -0.797. The molecular formula is C21H25N9O3. The summed E-state index contributed by atoms with van der Waals surface area (Å²) in [5.74, 6) is -1.24. The lowest BCUT2D eigenvalue weighted by molar-refractivity contribution is -0.119.